The third kappa shape index (κ3) is 5.67. The number of carbonyl (C=O) groups is 1. The summed E-state index contributed by atoms with van der Waals surface area (Å²) in [6.07, 6.45) is 4.64. The smallest absolute Gasteiger partial charge is 0.326 e. The molecular formula is C24H22ClN5O3. The van der Waals surface area contributed by atoms with Crippen LogP contribution in [0.3, 0.4) is 0 Å². The summed E-state index contributed by atoms with van der Waals surface area (Å²) in [6.45, 7) is 2.57. The van der Waals surface area contributed by atoms with Crippen LogP contribution in [0.2, 0.25) is 5.02 Å². The van der Waals surface area contributed by atoms with E-state index in [0.29, 0.717) is 0 Å². The number of benzene rings is 2. The summed E-state index contributed by atoms with van der Waals surface area (Å²) in [6, 6.07) is 16.2. The Hall–Kier alpha value is -3.91. The highest BCUT2D eigenvalue weighted by atomic mass is 35.5. The summed E-state index contributed by atoms with van der Waals surface area (Å²) >= 11 is 5.94. The maximum Gasteiger partial charge on any atom is 0.326 e. The molecule has 0 aliphatic rings. The Morgan fingerprint density at radius 3 is 2.64 bits per heavy atom. The highest BCUT2D eigenvalue weighted by molar-refractivity contribution is 6.30. The van der Waals surface area contributed by atoms with Gasteiger partial charge in [-0.3, -0.25) is 19.3 Å². The normalized spacial score (nSPS) is 11.8. The molecule has 2 aromatic heterocycles. The van der Waals surface area contributed by atoms with E-state index in [2.05, 4.69) is 15.4 Å². The van der Waals surface area contributed by atoms with Crippen molar-refractivity contribution >= 4 is 17.5 Å². The highest BCUT2D eigenvalue weighted by Crippen LogP contribution is 2.23. The molecule has 3 N–H and O–H groups in total. The molecule has 0 aliphatic carbocycles. The van der Waals surface area contributed by atoms with Crippen molar-refractivity contribution in [3.8, 4) is 11.1 Å². The fourth-order valence-electron chi connectivity index (χ4n) is 3.47. The molecule has 2 aromatic carbocycles. The van der Waals surface area contributed by atoms with Crippen molar-refractivity contribution in [3.05, 3.63) is 110 Å². The number of hydrogen-bond acceptors (Lipinski definition) is 4. The molecule has 168 valence electrons. The molecule has 9 heteroatoms. The predicted octanol–water partition coefficient (Wildman–Crippen LogP) is 3.31. The Balaban J connectivity index is 1.44. The number of amides is 1. The summed E-state index contributed by atoms with van der Waals surface area (Å²) in [5, 5.41) is 7.98. The van der Waals surface area contributed by atoms with Crippen molar-refractivity contribution in [2.45, 2.75) is 25.9 Å². The summed E-state index contributed by atoms with van der Waals surface area (Å²) in [5.74, 6) is -0.536. The first-order valence-electron chi connectivity index (χ1n) is 10.4. The first-order chi connectivity index (χ1) is 15.9. The molecule has 0 saturated heterocycles. The van der Waals surface area contributed by atoms with Crippen molar-refractivity contribution < 1.29 is 4.79 Å². The second-order valence-electron chi connectivity index (χ2n) is 7.69. The van der Waals surface area contributed by atoms with Gasteiger partial charge in [-0.15, -0.1) is 0 Å². The van der Waals surface area contributed by atoms with Crippen LogP contribution in [0.1, 0.15) is 34.6 Å². The van der Waals surface area contributed by atoms with Gasteiger partial charge in [-0.05, 0) is 48.2 Å². The van der Waals surface area contributed by atoms with E-state index in [9.17, 15) is 14.4 Å². The second-order valence-corrected chi connectivity index (χ2v) is 8.13. The Bertz CT molecular complexity index is 1360. The fraction of sp³-hybridized carbons (Fsp3) is 0.167. The molecule has 0 bridgehead atoms. The molecule has 1 unspecified atom stereocenters. The Morgan fingerprint density at radius 2 is 1.88 bits per heavy atom. The molecule has 4 rings (SSSR count). The lowest BCUT2D eigenvalue weighted by Crippen LogP contribution is -2.32. The SMILES string of the molecule is CC(NC(=O)c1cc(=O)[nH]c(=O)[nH]1)c1cccc(-c2cnn(CCc3ccc(Cl)cc3)c2)c1. The largest absolute Gasteiger partial charge is 0.344 e. The molecule has 2 heterocycles. The molecule has 4 aromatic rings. The first kappa shape index (κ1) is 22.3. The van der Waals surface area contributed by atoms with Gasteiger partial charge in [0, 0.05) is 29.4 Å². The van der Waals surface area contributed by atoms with Crippen molar-refractivity contribution in [3.63, 3.8) is 0 Å². The number of aryl methyl sites for hydroxylation is 2. The topological polar surface area (TPSA) is 113 Å². The number of aromatic amines is 2. The van der Waals surface area contributed by atoms with Gasteiger partial charge in [-0.1, -0.05) is 41.9 Å². The van der Waals surface area contributed by atoms with Crippen LogP contribution in [0.4, 0.5) is 0 Å². The Morgan fingerprint density at radius 1 is 1.09 bits per heavy atom. The molecule has 8 nitrogen and oxygen atoms in total. The monoisotopic (exact) mass is 463 g/mol. The van der Waals surface area contributed by atoms with E-state index >= 15 is 0 Å². The first-order valence-corrected chi connectivity index (χ1v) is 10.8. The van der Waals surface area contributed by atoms with E-state index in [1.165, 1.54) is 5.56 Å². The van der Waals surface area contributed by atoms with E-state index in [0.717, 1.165) is 40.7 Å². The van der Waals surface area contributed by atoms with E-state index in [-0.39, 0.29) is 11.7 Å². The quantitative estimate of drug-likeness (QED) is 0.390. The fourth-order valence-corrected chi connectivity index (χ4v) is 3.59. The predicted molar refractivity (Wildman–Crippen MR) is 126 cm³/mol. The van der Waals surface area contributed by atoms with Gasteiger partial charge in [0.1, 0.15) is 5.69 Å². The summed E-state index contributed by atoms with van der Waals surface area (Å²) in [4.78, 5) is 39.7. The Kier molecular flexibility index (Phi) is 6.55. The van der Waals surface area contributed by atoms with Gasteiger partial charge < -0.3 is 10.3 Å². The van der Waals surface area contributed by atoms with Crippen molar-refractivity contribution in [2.75, 3.05) is 0 Å². The molecule has 0 fully saturated rings. The zero-order chi connectivity index (χ0) is 23.4. The average molecular weight is 464 g/mol. The minimum Gasteiger partial charge on any atom is -0.344 e. The molecular weight excluding hydrogens is 442 g/mol. The summed E-state index contributed by atoms with van der Waals surface area (Å²) < 4.78 is 1.89. The average Bonchev–Trinajstić information content (AvgIpc) is 3.27. The molecule has 0 spiro atoms. The third-order valence-corrected chi connectivity index (χ3v) is 5.50. The van der Waals surface area contributed by atoms with E-state index in [4.69, 9.17) is 11.6 Å². The van der Waals surface area contributed by atoms with Gasteiger partial charge in [-0.25, -0.2) is 4.79 Å². The van der Waals surface area contributed by atoms with Gasteiger partial charge in [0.05, 0.1) is 12.2 Å². The molecule has 0 saturated carbocycles. The maximum absolute atomic E-state index is 12.4. The van der Waals surface area contributed by atoms with Gasteiger partial charge in [0.25, 0.3) is 11.5 Å². The van der Waals surface area contributed by atoms with Crippen LogP contribution in [-0.2, 0) is 13.0 Å². The number of hydrogen-bond donors (Lipinski definition) is 3. The van der Waals surface area contributed by atoms with Crippen LogP contribution >= 0.6 is 11.6 Å². The number of aromatic nitrogens is 4. The van der Waals surface area contributed by atoms with Crippen molar-refractivity contribution in [1.29, 1.82) is 0 Å². The zero-order valence-corrected chi connectivity index (χ0v) is 18.6. The van der Waals surface area contributed by atoms with Crippen molar-refractivity contribution in [2.24, 2.45) is 0 Å². The number of nitrogens with zero attached hydrogens (tertiary/aromatic N) is 2. The van der Waals surface area contributed by atoms with E-state index < -0.39 is 17.2 Å². The standard InChI is InChI=1S/C24H22ClN5O3/c1-15(27-23(32)21-12-22(31)29-24(33)28-21)17-3-2-4-18(11-17)19-13-26-30(14-19)10-9-16-5-7-20(25)8-6-16/h2-8,11-15H,9-10H2,1H3,(H,27,32)(H2,28,29,31,33). The molecule has 1 atom stereocenters. The van der Waals surface area contributed by atoms with Crippen LogP contribution in [-0.4, -0.2) is 25.7 Å². The van der Waals surface area contributed by atoms with Crippen LogP contribution < -0.4 is 16.6 Å². The van der Waals surface area contributed by atoms with Gasteiger partial charge in [0.2, 0.25) is 0 Å². The second kappa shape index (κ2) is 9.70. The van der Waals surface area contributed by atoms with Gasteiger partial charge >= 0.3 is 5.69 Å². The third-order valence-electron chi connectivity index (χ3n) is 5.25. The number of carbonyl (C=O) groups excluding carboxylic acids is 1. The van der Waals surface area contributed by atoms with Crippen molar-refractivity contribution in [1.82, 2.24) is 25.1 Å². The minimum absolute atomic E-state index is 0.0891. The lowest BCUT2D eigenvalue weighted by Gasteiger charge is -2.15. The molecule has 0 radical (unpaired) electrons. The summed E-state index contributed by atoms with van der Waals surface area (Å²) in [7, 11) is 0. The number of halogens is 1. The van der Waals surface area contributed by atoms with Crippen LogP contribution in [0.15, 0.2) is 76.6 Å². The number of nitrogens with one attached hydrogen (secondary N) is 3. The van der Waals surface area contributed by atoms with E-state index in [1.807, 2.05) is 77.5 Å². The van der Waals surface area contributed by atoms with E-state index in [1.54, 1.807) is 0 Å². The maximum atomic E-state index is 12.4. The minimum atomic E-state index is -0.727. The molecule has 0 aliphatic heterocycles. The van der Waals surface area contributed by atoms with Crippen LogP contribution in [0.25, 0.3) is 11.1 Å². The zero-order valence-electron chi connectivity index (χ0n) is 17.8. The van der Waals surface area contributed by atoms with Gasteiger partial charge in [0.15, 0.2) is 0 Å². The number of rotatable bonds is 7. The summed E-state index contributed by atoms with van der Waals surface area (Å²) in [5.41, 5.74) is 2.55. The number of H-pyrrole nitrogens is 2. The van der Waals surface area contributed by atoms with Gasteiger partial charge in [-0.2, -0.15) is 5.10 Å². The van der Waals surface area contributed by atoms with Crippen LogP contribution in [0.5, 0.6) is 0 Å². The highest BCUT2D eigenvalue weighted by Gasteiger charge is 2.14. The lowest BCUT2D eigenvalue weighted by atomic mass is 10.0. The molecule has 33 heavy (non-hydrogen) atoms. The lowest BCUT2D eigenvalue weighted by molar-refractivity contribution is 0.0934. The Labute approximate surface area is 194 Å². The van der Waals surface area contributed by atoms with Crippen LogP contribution in [0, 0.1) is 0 Å². The molecule has 1 amide bonds.